The van der Waals surface area contributed by atoms with E-state index in [1.165, 1.54) is 0 Å². The Morgan fingerprint density at radius 2 is 2.36 bits per heavy atom. The molecule has 4 nitrogen and oxygen atoms in total. The fourth-order valence-corrected chi connectivity index (χ4v) is 0.997. The van der Waals surface area contributed by atoms with Crippen LogP contribution in [0.15, 0.2) is 24.8 Å². The highest BCUT2D eigenvalue weighted by molar-refractivity contribution is 7.80. The van der Waals surface area contributed by atoms with E-state index >= 15 is 0 Å². The number of hydrogen-bond donors (Lipinski definition) is 2. The van der Waals surface area contributed by atoms with Crippen molar-refractivity contribution in [3.63, 3.8) is 0 Å². The number of rotatable bonds is 3. The van der Waals surface area contributed by atoms with Crippen molar-refractivity contribution < 1.29 is 0 Å². The maximum atomic E-state index is 5.57. The van der Waals surface area contributed by atoms with E-state index in [-0.39, 0.29) is 0 Å². The Morgan fingerprint density at radius 3 is 2.93 bits per heavy atom. The number of hydrogen-bond acceptors (Lipinski definition) is 3. The summed E-state index contributed by atoms with van der Waals surface area (Å²) in [5.41, 5.74) is 0. The topological polar surface area (TPSA) is 49.8 Å². The third kappa shape index (κ3) is 3.68. The van der Waals surface area contributed by atoms with Gasteiger partial charge in [-0.05, 0) is 24.4 Å². The largest absolute Gasteiger partial charge is 0.359 e. The molecule has 0 saturated heterocycles. The number of thiocarbonyl (C=S) groups is 1. The van der Waals surface area contributed by atoms with Crippen LogP contribution in [-0.4, -0.2) is 21.9 Å². The normalized spacial score (nSPS) is 9.21. The molecular formula is C8H9ClN4S. The molecule has 0 fully saturated rings. The van der Waals surface area contributed by atoms with Gasteiger partial charge in [0.2, 0.25) is 0 Å². The minimum atomic E-state index is 0.348. The Hall–Kier alpha value is -1.20. The summed E-state index contributed by atoms with van der Waals surface area (Å²) in [5, 5.41) is 14.0. The molecule has 74 valence electrons. The molecule has 0 radical (unpaired) electrons. The molecule has 14 heavy (non-hydrogen) atoms. The predicted molar refractivity (Wildman–Crippen MR) is 61.5 cm³/mol. The molecule has 1 heterocycles. The van der Waals surface area contributed by atoms with Gasteiger partial charge in [-0.3, -0.25) is 0 Å². The zero-order valence-electron chi connectivity index (χ0n) is 7.33. The van der Waals surface area contributed by atoms with Crippen LogP contribution in [0.4, 0.5) is 5.82 Å². The van der Waals surface area contributed by atoms with Crippen molar-refractivity contribution >= 4 is 34.7 Å². The molecule has 1 aromatic rings. The van der Waals surface area contributed by atoms with Crippen LogP contribution in [0, 0.1) is 0 Å². The molecule has 0 bridgehead atoms. The average molecular weight is 229 g/mol. The number of anilines is 1. The maximum Gasteiger partial charge on any atom is 0.172 e. The minimum absolute atomic E-state index is 0.348. The second kappa shape index (κ2) is 5.51. The highest BCUT2D eigenvalue weighted by atomic mass is 35.5. The second-order valence-corrected chi connectivity index (χ2v) is 3.16. The summed E-state index contributed by atoms with van der Waals surface area (Å²) in [7, 11) is 0. The summed E-state index contributed by atoms with van der Waals surface area (Å²) < 4.78 is 0. The maximum absolute atomic E-state index is 5.57. The van der Waals surface area contributed by atoms with E-state index in [9.17, 15) is 0 Å². The Morgan fingerprint density at radius 1 is 1.57 bits per heavy atom. The fraction of sp³-hybridized carbons (Fsp3) is 0.125. The lowest BCUT2D eigenvalue weighted by atomic mass is 10.5. The molecule has 0 aliphatic heterocycles. The van der Waals surface area contributed by atoms with Gasteiger partial charge >= 0.3 is 0 Å². The van der Waals surface area contributed by atoms with Crippen LogP contribution in [0.5, 0.6) is 0 Å². The third-order valence-corrected chi connectivity index (χ3v) is 1.73. The Balaban J connectivity index is 2.47. The monoisotopic (exact) mass is 228 g/mol. The van der Waals surface area contributed by atoms with E-state index in [2.05, 4.69) is 27.4 Å². The van der Waals surface area contributed by atoms with Crippen LogP contribution in [0.1, 0.15) is 0 Å². The number of halogens is 1. The number of nitrogens with one attached hydrogen (secondary N) is 2. The van der Waals surface area contributed by atoms with Crippen LogP contribution in [0.25, 0.3) is 0 Å². The highest BCUT2D eigenvalue weighted by Crippen LogP contribution is 2.05. The molecule has 2 N–H and O–H groups in total. The molecule has 0 spiro atoms. The average Bonchev–Trinajstić information content (AvgIpc) is 2.18. The van der Waals surface area contributed by atoms with Crippen molar-refractivity contribution in [2.45, 2.75) is 0 Å². The quantitative estimate of drug-likeness (QED) is 0.608. The smallest absolute Gasteiger partial charge is 0.172 e. The van der Waals surface area contributed by atoms with Crippen molar-refractivity contribution in [1.29, 1.82) is 0 Å². The molecule has 0 aromatic carbocycles. The summed E-state index contributed by atoms with van der Waals surface area (Å²) in [6.07, 6.45) is 1.71. The molecule has 0 aliphatic rings. The summed E-state index contributed by atoms with van der Waals surface area (Å²) in [6, 6.07) is 3.32. The van der Waals surface area contributed by atoms with E-state index in [0.29, 0.717) is 22.6 Å². The zero-order chi connectivity index (χ0) is 10.4. The molecular weight excluding hydrogens is 220 g/mol. The lowest BCUT2D eigenvalue weighted by Gasteiger charge is -2.06. The van der Waals surface area contributed by atoms with Gasteiger partial charge < -0.3 is 10.6 Å². The van der Waals surface area contributed by atoms with Crippen molar-refractivity contribution in [1.82, 2.24) is 15.5 Å². The van der Waals surface area contributed by atoms with Crippen molar-refractivity contribution in [2.24, 2.45) is 0 Å². The standard InChI is InChI=1S/C8H9ClN4S/c1-2-5-10-8(14)11-7-4-3-6(9)12-13-7/h2-4H,1,5H2,(H2,10,11,13,14). The van der Waals surface area contributed by atoms with Gasteiger partial charge in [-0.25, -0.2) is 0 Å². The minimum Gasteiger partial charge on any atom is -0.359 e. The first-order valence-corrected chi connectivity index (χ1v) is 4.66. The van der Waals surface area contributed by atoms with Crippen molar-refractivity contribution in [3.05, 3.63) is 29.9 Å². The van der Waals surface area contributed by atoms with Crippen molar-refractivity contribution in [2.75, 3.05) is 11.9 Å². The van der Waals surface area contributed by atoms with Crippen LogP contribution < -0.4 is 10.6 Å². The lowest BCUT2D eigenvalue weighted by Crippen LogP contribution is -2.28. The molecule has 0 amide bonds. The molecule has 6 heteroatoms. The fourth-order valence-electron chi connectivity index (χ4n) is 0.708. The first kappa shape index (κ1) is 10.9. The van der Waals surface area contributed by atoms with E-state index in [0.717, 1.165) is 0 Å². The Bertz CT molecular complexity index is 325. The van der Waals surface area contributed by atoms with E-state index in [1.54, 1.807) is 18.2 Å². The summed E-state index contributed by atoms with van der Waals surface area (Å²) in [4.78, 5) is 0. The van der Waals surface area contributed by atoms with Gasteiger partial charge in [-0.1, -0.05) is 17.7 Å². The predicted octanol–water partition coefficient (Wildman–Crippen LogP) is 1.60. The zero-order valence-corrected chi connectivity index (χ0v) is 8.90. The Labute approximate surface area is 92.4 Å². The van der Waals surface area contributed by atoms with E-state index in [1.807, 2.05) is 0 Å². The van der Waals surface area contributed by atoms with Gasteiger partial charge in [0, 0.05) is 6.54 Å². The van der Waals surface area contributed by atoms with Gasteiger partial charge in [0.1, 0.15) is 0 Å². The number of nitrogens with zero attached hydrogens (tertiary/aromatic N) is 2. The molecule has 0 aliphatic carbocycles. The van der Waals surface area contributed by atoms with Gasteiger partial charge in [-0.15, -0.1) is 16.8 Å². The Kier molecular flexibility index (Phi) is 4.28. The van der Waals surface area contributed by atoms with Crippen LogP contribution in [0.2, 0.25) is 5.15 Å². The summed E-state index contributed by atoms with van der Waals surface area (Å²) in [5.74, 6) is 0.552. The van der Waals surface area contributed by atoms with Gasteiger partial charge in [-0.2, -0.15) is 0 Å². The third-order valence-electron chi connectivity index (χ3n) is 1.28. The molecule has 1 aromatic heterocycles. The van der Waals surface area contributed by atoms with E-state index in [4.69, 9.17) is 23.8 Å². The molecule has 0 atom stereocenters. The van der Waals surface area contributed by atoms with Crippen LogP contribution in [0.3, 0.4) is 0 Å². The van der Waals surface area contributed by atoms with Crippen LogP contribution >= 0.6 is 23.8 Å². The SMILES string of the molecule is C=CCNC(=S)Nc1ccc(Cl)nn1. The van der Waals surface area contributed by atoms with Gasteiger partial charge in [0.25, 0.3) is 0 Å². The molecule has 0 saturated carbocycles. The van der Waals surface area contributed by atoms with Crippen LogP contribution in [-0.2, 0) is 0 Å². The summed E-state index contributed by atoms with van der Waals surface area (Å²) in [6.45, 7) is 4.16. The van der Waals surface area contributed by atoms with Crippen molar-refractivity contribution in [3.8, 4) is 0 Å². The van der Waals surface area contributed by atoms with Gasteiger partial charge in [0.05, 0.1) is 0 Å². The highest BCUT2D eigenvalue weighted by Gasteiger charge is 1.97. The van der Waals surface area contributed by atoms with Gasteiger partial charge in [0.15, 0.2) is 16.1 Å². The van der Waals surface area contributed by atoms with E-state index < -0.39 is 0 Å². The molecule has 0 unspecified atom stereocenters. The first-order valence-electron chi connectivity index (χ1n) is 3.87. The first-order chi connectivity index (χ1) is 6.72. The molecule has 1 rings (SSSR count). The number of aromatic nitrogens is 2. The lowest BCUT2D eigenvalue weighted by molar-refractivity contribution is 1.02. The second-order valence-electron chi connectivity index (χ2n) is 2.36. The summed E-state index contributed by atoms with van der Waals surface area (Å²) >= 11 is 10.5.